The van der Waals surface area contributed by atoms with Crippen molar-refractivity contribution in [3.63, 3.8) is 0 Å². The highest BCUT2D eigenvalue weighted by Crippen LogP contribution is 2.18. The third-order valence-electron chi connectivity index (χ3n) is 4.71. The van der Waals surface area contributed by atoms with Crippen LogP contribution in [-0.4, -0.2) is 40.3 Å². The summed E-state index contributed by atoms with van der Waals surface area (Å²) in [4.78, 5) is 7.37. The smallest absolute Gasteiger partial charge is 0.194 e. The van der Waals surface area contributed by atoms with E-state index < -0.39 is 0 Å². The summed E-state index contributed by atoms with van der Waals surface area (Å²) in [5, 5.41) is 8.14. The Morgan fingerprint density at radius 3 is 2.70 bits per heavy atom. The minimum atomic E-state index is 0.730. The molecule has 23 heavy (non-hydrogen) atoms. The van der Waals surface area contributed by atoms with E-state index >= 15 is 0 Å². The van der Waals surface area contributed by atoms with Gasteiger partial charge >= 0.3 is 0 Å². The maximum atomic E-state index is 4.95. The second-order valence-corrected chi connectivity index (χ2v) is 6.57. The van der Waals surface area contributed by atoms with E-state index in [1.165, 1.54) is 29.8 Å². The Labute approximate surface area is 141 Å². The highest BCUT2D eigenvalue weighted by Gasteiger charge is 2.20. The van der Waals surface area contributed by atoms with Gasteiger partial charge in [0, 0.05) is 37.9 Å². The highest BCUT2D eigenvalue weighted by atomic mass is 15.3. The number of likely N-dealkylation sites (tertiary alicyclic amines) is 1. The number of aromatic nitrogens is 2. The Morgan fingerprint density at radius 2 is 2.09 bits per heavy atom. The molecule has 1 saturated heterocycles. The second-order valence-electron chi connectivity index (χ2n) is 6.57. The molecule has 1 unspecified atom stereocenters. The van der Waals surface area contributed by atoms with Crippen molar-refractivity contribution in [2.24, 2.45) is 18.0 Å². The van der Waals surface area contributed by atoms with E-state index in [1.54, 1.807) is 0 Å². The van der Waals surface area contributed by atoms with E-state index in [-0.39, 0.29) is 0 Å². The largest absolute Gasteiger partial charge is 0.357 e. The maximum absolute atomic E-state index is 4.95. The molecule has 1 aliphatic heterocycles. The zero-order chi connectivity index (χ0) is 16.8. The molecule has 2 heterocycles. The maximum Gasteiger partial charge on any atom is 0.194 e. The van der Waals surface area contributed by atoms with Crippen LogP contribution in [0.25, 0.3) is 0 Å². The Morgan fingerprint density at radius 1 is 1.30 bits per heavy atom. The predicted octanol–water partition coefficient (Wildman–Crippen LogP) is 2.74. The van der Waals surface area contributed by atoms with Crippen LogP contribution in [0.15, 0.2) is 4.99 Å². The summed E-state index contributed by atoms with van der Waals surface area (Å²) in [6.07, 6.45) is 4.57. The minimum Gasteiger partial charge on any atom is -0.357 e. The summed E-state index contributed by atoms with van der Waals surface area (Å²) in [6, 6.07) is 0. The number of hydrogen-bond donors (Lipinski definition) is 1. The minimum absolute atomic E-state index is 0.730. The first-order valence-corrected chi connectivity index (χ1v) is 9.17. The first kappa shape index (κ1) is 17.8. The number of piperidine rings is 1. The average molecular weight is 319 g/mol. The zero-order valence-corrected chi connectivity index (χ0v) is 15.5. The SMILES string of the molecule is CCNC(=NCc1c(CC)nn(C)c1CC)N1CCCC(C)C1. The molecule has 1 fully saturated rings. The lowest BCUT2D eigenvalue weighted by Crippen LogP contribution is -2.46. The van der Waals surface area contributed by atoms with Crippen molar-refractivity contribution in [3.05, 3.63) is 17.0 Å². The molecule has 0 aliphatic carbocycles. The number of aryl methyl sites for hydroxylation is 2. The van der Waals surface area contributed by atoms with Crippen molar-refractivity contribution in [1.82, 2.24) is 20.0 Å². The van der Waals surface area contributed by atoms with Crippen molar-refractivity contribution in [3.8, 4) is 0 Å². The monoisotopic (exact) mass is 319 g/mol. The first-order chi connectivity index (χ1) is 11.1. The van der Waals surface area contributed by atoms with Crippen LogP contribution in [0.5, 0.6) is 0 Å². The van der Waals surface area contributed by atoms with Gasteiger partial charge in [-0.05, 0) is 38.5 Å². The van der Waals surface area contributed by atoms with Crippen LogP contribution in [0.2, 0.25) is 0 Å². The third kappa shape index (κ3) is 4.27. The van der Waals surface area contributed by atoms with Crippen LogP contribution in [0.3, 0.4) is 0 Å². The molecule has 0 saturated carbocycles. The Bertz CT molecular complexity index is 532. The molecule has 0 bridgehead atoms. The number of rotatable bonds is 5. The molecule has 1 aromatic heterocycles. The van der Waals surface area contributed by atoms with Gasteiger partial charge in [0.05, 0.1) is 12.2 Å². The second kappa shape index (κ2) is 8.37. The van der Waals surface area contributed by atoms with E-state index in [4.69, 9.17) is 4.99 Å². The van der Waals surface area contributed by atoms with Gasteiger partial charge in [0.2, 0.25) is 0 Å². The molecule has 0 aromatic carbocycles. The fraction of sp³-hybridized carbons (Fsp3) is 0.778. The van der Waals surface area contributed by atoms with Crippen molar-refractivity contribution in [2.75, 3.05) is 19.6 Å². The van der Waals surface area contributed by atoms with E-state index in [2.05, 4.69) is 43.0 Å². The van der Waals surface area contributed by atoms with Gasteiger partial charge in [0.1, 0.15) is 0 Å². The van der Waals surface area contributed by atoms with Crippen molar-refractivity contribution in [2.45, 2.75) is 59.9 Å². The van der Waals surface area contributed by atoms with Gasteiger partial charge in [-0.3, -0.25) is 4.68 Å². The van der Waals surface area contributed by atoms with Crippen molar-refractivity contribution >= 4 is 5.96 Å². The molecule has 1 aromatic rings. The summed E-state index contributed by atoms with van der Waals surface area (Å²) in [5.41, 5.74) is 3.82. The summed E-state index contributed by atoms with van der Waals surface area (Å²) >= 11 is 0. The van der Waals surface area contributed by atoms with Gasteiger partial charge in [-0.1, -0.05) is 20.8 Å². The summed E-state index contributed by atoms with van der Waals surface area (Å²) in [5.74, 6) is 1.82. The fourth-order valence-corrected chi connectivity index (χ4v) is 3.53. The normalized spacial score (nSPS) is 19.3. The molecule has 0 spiro atoms. The molecule has 1 atom stereocenters. The Hall–Kier alpha value is -1.52. The molecule has 2 rings (SSSR count). The van der Waals surface area contributed by atoms with E-state index in [9.17, 15) is 0 Å². The number of aliphatic imine (C=N–C) groups is 1. The lowest BCUT2D eigenvalue weighted by atomic mass is 10.0. The molecular formula is C18H33N5. The summed E-state index contributed by atoms with van der Waals surface area (Å²) in [6.45, 7) is 12.7. The van der Waals surface area contributed by atoms with Gasteiger partial charge in [0.15, 0.2) is 5.96 Å². The number of guanidine groups is 1. The molecule has 5 heteroatoms. The lowest BCUT2D eigenvalue weighted by Gasteiger charge is -2.33. The zero-order valence-electron chi connectivity index (χ0n) is 15.5. The van der Waals surface area contributed by atoms with E-state index in [1.807, 2.05) is 11.7 Å². The Kier molecular flexibility index (Phi) is 6.48. The fourth-order valence-electron chi connectivity index (χ4n) is 3.53. The molecule has 1 N–H and O–H groups in total. The third-order valence-corrected chi connectivity index (χ3v) is 4.71. The number of nitrogens with one attached hydrogen (secondary N) is 1. The predicted molar refractivity (Wildman–Crippen MR) is 96.8 cm³/mol. The molecule has 5 nitrogen and oxygen atoms in total. The van der Waals surface area contributed by atoms with Crippen LogP contribution < -0.4 is 5.32 Å². The van der Waals surface area contributed by atoms with Crippen LogP contribution in [0.1, 0.15) is 57.5 Å². The summed E-state index contributed by atoms with van der Waals surface area (Å²) < 4.78 is 2.03. The van der Waals surface area contributed by atoms with Gasteiger partial charge in [-0.2, -0.15) is 5.10 Å². The van der Waals surface area contributed by atoms with Gasteiger partial charge in [0.25, 0.3) is 0 Å². The summed E-state index contributed by atoms with van der Waals surface area (Å²) in [7, 11) is 2.04. The van der Waals surface area contributed by atoms with E-state index in [0.29, 0.717) is 0 Å². The topological polar surface area (TPSA) is 45.5 Å². The molecule has 130 valence electrons. The first-order valence-electron chi connectivity index (χ1n) is 9.17. The lowest BCUT2D eigenvalue weighted by molar-refractivity contribution is 0.266. The quantitative estimate of drug-likeness (QED) is 0.670. The molecule has 0 amide bonds. The van der Waals surface area contributed by atoms with Crippen molar-refractivity contribution < 1.29 is 0 Å². The van der Waals surface area contributed by atoms with Gasteiger partial charge in [-0.25, -0.2) is 4.99 Å². The average Bonchev–Trinajstić information content (AvgIpc) is 2.86. The Balaban J connectivity index is 2.20. The van der Waals surface area contributed by atoms with E-state index in [0.717, 1.165) is 50.9 Å². The highest BCUT2D eigenvalue weighted by molar-refractivity contribution is 5.80. The molecular weight excluding hydrogens is 286 g/mol. The van der Waals surface area contributed by atoms with Crippen molar-refractivity contribution in [1.29, 1.82) is 0 Å². The standard InChI is InChI=1S/C18H33N5/c1-6-16-15(17(7-2)22(5)21-16)12-20-18(19-8-3)23-11-9-10-14(4)13-23/h14H,6-13H2,1-5H3,(H,19,20). The van der Waals surface area contributed by atoms with Gasteiger partial charge in [-0.15, -0.1) is 0 Å². The van der Waals surface area contributed by atoms with Crippen LogP contribution in [-0.2, 0) is 26.4 Å². The van der Waals surface area contributed by atoms with Crippen LogP contribution >= 0.6 is 0 Å². The molecule has 1 aliphatic rings. The van der Waals surface area contributed by atoms with Crippen LogP contribution in [0.4, 0.5) is 0 Å². The van der Waals surface area contributed by atoms with Gasteiger partial charge < -0.3 is 10.2 Å². The molecule has 0 radical (unpaired) electrons. The number of hydrogen-bond acceptors (Lipinski definition) is 2. The number of nitrogens with zero attached hydrogens (tertiary/aromatic N) is 4. The van der Waals surface area contributed by atoms with Crippen LogP contribution in [0, 0.1) is 5.92 Å².